The van der Waals surface area contributed by atoms with E-state index < -0.39 is 11.9 Å². The third-order valence-corrected chi connectivity index (χ3v) is 5.99. The Kier molecular flexibility index (Phi) is 6.37. The summed E-state index contributed by atoms with van der Waals surface area (Å²) in [7, 11) is 1.35. The monoisotopic (exact) mass is 442 g/mol. The molecule has 142 valence electrons. The number of carbonyl (C=O) groups is 2. The molecule has 0 fully saturated rings. The van der Waals surface area contributed by atoms with Crippen LogP contribution in [0.25, 0.3) is 0 Å². The second-order valence-electron chi connectivity index (χ2n) is 5.97. The van der Waals surface area contributed by atoms with Crippen LogP contribution in [0.3, 0.4) is 0 Å². The first kappa shape index (κ1) is 20.1. The molecule has 2 N–H and O–H groups in total. The Morgan fingerprint density at radius 2 is 1.81 bits per heavy atom. The number of carbonyl (C=O) groups excluding carboxylic acids is 2. The molecule has 1 heterocycles. The SMILES string of the molecule is COC(=O)c1c(NC(=S)NC(=O)c2cc(Cl)cc(Cl)c2)sc2c1CCCC2. The fourth-order valence-corrected chi connectivity index (χ4v) is 5.03. The molecule has 0 radical (unpaired) electrons. The molecule has 0 spiro atoms. The molecule has 0 aliphatic heterocycles. The van der Waals surface area contributed by atoms with Gasteiger partial charge in [-0.2, -0.15) is 0 Å². The number of methoxy groups -OCH3 is 1. The zero-order chi connectivity index (χ0) is 19.6. The van der Waals surface area contributed by atoms with Gasteiger partial charge in [-0.3, -0.25) is 10.1 Å². The van der Waals surface area contributed by atoms with Crippen LogP contribution in [0.5, 0.6) is 0 Å². The van der Waals surface area contributed by atoms with Crippen molar-refractivity contribution in [3.05, 3.63) is 49.8 Å². The summed E-state index contributed by atoms with van der Waals surface area (Å²) in [5.74, 6) is -0.856. The molecular weight excluding hydrogens is 427 g/mol. The summed E-state index contributed by atoms with van der Waals surface area (Å²) in [6.07, 6.45) is 3.87. The topological polar surface area (TPSA) is 67.4 Å². The number of nitrogens with one attached hydrogen (secondary N) is 2. The molecule has 3 rings (SSSR count). The highest BCUT2D eigenvalue weighted by atomic mass is 35.5. The molecule has 27 heavy (non-hydrogen) atoms. The quantitative estimate of drug-likeness (QED) is 0.525. The van der Waals surface area contributed by atoms with E-state index in [1.54, 1.807) is 0 Å². The Morgan fingerprint density at radius 1 is 1.15 bits per heavy atom. The predicted molar refractivity (Wildman–Crippen MR) is 112 cm³/mol. The minimum atomic E-state index is -0.446. The minimum Gasteiger partial charge on any atom is -0.465 e. The number of hydrogen-bond donors (Lipinski definition) is 2. The minimum absolute atomic E-state index is 0.0832. The van der Waals surface area contributed by atoms with Gasteiger partial charge in [-0.25, -0.2) is 4.79 Å². The van der Waals surface area contributed by atoms with Crippen LogP contribution in [-0.2, 0) is 17.6 Å². The van der Waals surface area contributed by atoms with Crippen LogP contribution < -0.4 is 10.6 Å². The first-order valence-electron chi connectivity index (χ1n) is 8.20. The van der Waals surface area contributed by atoms with E-state index in [-0.39, 0.29) is 10.7 Å². The largest absolute Gasteiger partial charge is 0.465 e. The number of rotatable bonds is 3. The molecule has 1 amide bonds. The van der Waals surface area contributed by atoms with E-state index in [2.05, 4.69) is 10.6 Å². The number of thiocarbonyl (C=S) groups is 1. The molecule has 1 aromatic heterocycles. The Balaban J connectivity index is 1.78. The van der Waals surface area contributed by atoms with E-state index in [0.29, 0.717) is 20.6 Å². The fourth-order valence-electron chi connectivity index (χ4n) is 2.97. The maximum Gasteiger partial charge on any atom is 0.341 e. The van der Waals surface area contributed by atoms with Crippen molar-refractivity contribution in [2.75, 3.05) is 12.4 Å². The Bertz CT molecular complexity index is 907. The number of thiophene rings is 1. The van der Waals surface area contributed by atoms with Gasteiger partial charge in [0, 0.05) is 20.5 Å². The van der Waals surface area contributed by atoms with Gasteiger partial charge in [0.2, 0.25) is 0 Å². The van der Waals surface area contributed by atoms with Crippen LogP contribution in [-0.4, -0.2) is 24.1 Å². The molecule has 0 bridgehead atoms. The van der Waals surface area contributed by atoms with Crippen molar-refractivity contribution in [1.82, 2.24) is 5.32 Å². The Labute approximate surface area is 176 Å². The van der Waals surface area contributed by atoms with Crippen LogP contribution >= 0.6 is 46.8 Å². The van der Waals surface area contributed by atoms with Gasteiger partial charge in [-0.05, 0) is 61.7 Å². The van der Waals surface area contributed by atoms with Crippen LogP contribution in [0, 0.1) is 0 Å². The number of ether oxygens (including phenoxy) is 1. The van der Waals surface area contributed by atoms with E-state index in [9.17, 15) is 9.59 Å². The van der Waals surface area contributed by atoms with Crippen molar-refractivity contribution >= 4 is 68.7 Å². The summed E-state index contributed by atoms with van der Waals surface area (Å²) in [6, 6.07) is 4.53. The van der Waals surface area contributed by atoms with E-state index in [0.717, 1.165) is 36.1 Å². The van der Waals surface area contributed by atoms with Gasteiger partial charge in [0.25, 0.3) is 5.91 Å². The average molecular weight is 443 g/mol. The molecule has 0 saturated heterocycles. The lowest BCUT2D eigenvalue weighted by atomic mass is 9.95. The lowest BCUT2D eigenvalue weighted by Crippen LogP contribution is -2.34. The molecule has 5 nitrogen and oxygen atoms in total. The summed E-state index contributed by atoms with van der Waals surface area (Å²) in [6.45, 7) is 0. The predicted octanol–water partition coefficient (Wildman–Crippen LogP) is 4.85. The van der Waals surface area contributed by atoms with Crippen molar-refractivity contribution in [2.24, 2.45) is 0 Å². The molecule has 2 aromatic rings. The Morgan fingerprint density at radius 3 is 2.48 bits per heavy atom. The number of benzene rings is 1. The van der Waals surface area contributed by atoms with Crippen molar-refractivity contribution in [2.45, 2.75) is 25.7 Å². The molecule has 0 unspecified atom stereocenters. The summed E-state index contributed by atoms with van der Waals surface area (Å²) in [4.78, 5) is 25.8. The zero-order valence-corrected chi connectivity index (χ0v) is 17.5. The van der Waals surface area contributed by atoms with Gasteiger partial charge in [0.15, 0.2) is 5.11 Å². The van der Waals surface area contributed by atoms with Crippen molar-refractivity contribution in [3.63, 3.8) is 0 Å². The normalized spacial score (nSPS) is 12.9. The molecule has 9 heteroatoms. The second-order valence-corrected chi connectivity index (χ2v) is 8.36. The van der Waals surface area contributed by atoms with E-state index >= 15 is 0 Å². The Hall–Kier alpha value is -1.67. The highest BCUT2D eigenvalue weighted by molar-refractivity contribution is 7.80. The van der Waals surface area contributed by atoms with Gasteiger partial charge in [0.1, 0.15) is 5.00 Å². The smallest absolute Gasteiger partial charge is 0.341 e. The highest BCUT2D eigenvalue weighted by Gasteiger charge is 2.26. The molecule has 0 atom stereocenters. The van der Waals surface area contributed by atoms with Gasteiger partial charge in [-0.1, -0.05) is 23.2 Å². The summed E-state index contributed by atoms with van der Waals surface area (Å²) in [5.41, 5.74) is 1.80. The third kappa shape index (κ3) is 4.60. The van der Waals surface area contributed by atoms with Gasteiger partial charge >= 0.3 is 5.97 Å². The van der Waals surface area contributed by atoms with Gasteiger partial charge < -0.3 is 10.1 Å². The lowest BCUT2D eigenvalue weighted by molar-refractivity contribution is 0.0601. The lowest BCUT2D eigenvalue weighted by Gasteiger charge is -2.12. The van der Waals surface area contributed by atoms with Crippen LogP contribution in [0.2, 0.25) is 10.0 Å². The summed E-state index contributed by atoms with van der Waals surface area (Å²) >= 11 is 18.6. The average Bonchev–Trinajstić information content (AvgIpc) is 2.97. The van der Waals surface area contributed by atoms with Crippen molar-refractivity contribution < 1.29 is 14.3 Å². The third-order valence-electron chi connectivity index (χ3n) is 4.14. The molecule has 1 aliphatic carbocycles. The van der Waals surface area contributed by atoms with Crippen LogP contribution in [0.15, 0.2) is 18.2 Å². The van der Waals surface area contributed by atoms with Gasteiger partial charge in [-0.15, -0.1) is 11.3 Å². The maximum absolute atomic E-state index is 12.4. The number of hydrogen-bond acceptors (Lipinski definition) is 5. The number of halogens is 2. The summed E-state index contributed by atoms with van der Waals surface area (Å²) in [5, 5.41) is 6.92. The van der Waals surface area contributed by atoms with Gasteiger partial charge in [0.05, 0.1) is 12.7 Å². The van der Waals surface area contributed by atoms with E-state index in [1.165, 1.54) is 36.6 Å². The number of esters is 1. The fraction of sp³-hybridized carbons (Fsp3) is 0.278. The molecular formula is C18H16Cl2N2O3S2. The number of anilines is 1. The number of amides is 1. The summed E-state index contributed by atoms with van der Waals surface area (Å²) < 4.78 is 4.93. The highest BCUT2D eigenvalue weighted by Crippen LogP contribution is 2.38. The standard InChI is InChI=1S/C18H16Cl2N2O3S2/c1-25-17(24)14-12-4-2-3-5-13(12)27-16(14)22-18(26)21-15(23)9-6-10(19)8-11(20)7-9/h6-8H,2-5H2,1H3,(H2,21,22,23,26). The van der Waals surface area contributed by atoms with Crippen LogP contribution in [0.1, 0.15) is 44.0 Å². The number of aryl methyl sites for hydroxylation is 1. The van der Waals surface area contributed by atoms with Crippen molar-refractivity contribution in [3.8, 4) is 0 Å². The van der Waals surface area contributed by atoms with Crippen molar-refractivity contribution in [1.29, 1.82) is 0 Å². The van der Waals surface area contributed by atoms with Crippen LogP contribution in [0.4, 0.5) is 5.00 Å². The first-order valence-corrected chi connectivity index (χ1v) is 10.2. The number of fused-ring (bicyclic) bond motifs is 1. The molecule has 0 saturated carbocycles. The first-order chi connectivity index (χ1) is 12.9. The second kappa shape index (κ2) is 8.56. The van der Waals surface area contributed by atoms with E-state index in [1.807, 2.05) is 0 Å². The molecule has 1 aliphatic rings. The zero-order valence-electron chi connectivity index (χ0n) is 14.4. The molecule has 1 aromatic carbocycles. The van der Waals surface area contributed by atoms with E-state index in [4.69, 9.17) is 40.2 Å². The maximum atomic E-state index is 12.4.